The lowest BCUT2D eigenvalue weighted by molar-refractivity contribution is 0.189. The molecule has 3 N–H and O–H groups in total. The molecule has 0 aromatic rings. The van der Waals surface area contributed by atoms with Crippen molar-refractivity contribution in [2.75, 3.05) is 19.6 Å². The van der Waals surface area contributed by atoms with E-state index in [0.29, 0.717) is 13.1 Å². The van der Waals surface area contributed by atoms with Crippen molar-refractivity contribution in [3.63, 3.8) is 0 Å². The van der Waals surface area contributed by atoms with E-state index in [1.807, 2.05) is 20.8 Å². The fourth-order valence-corrected chi connectivity index (χ4v) is 1.22. The van der Waals surface area contributed by atoms with Crippen LogP contribution in [0, 0.1) is 0 Å². The third kappa shape index (κ3) is 7.19. The average molecular weight is 215 g/mol. The van der Waals surface area contributed by atoms with Crippen LogP contribution in [-0.4, -0.2) is 36.1 Å². The summed E-state index contributed by atoms with van der Waals surface area (Å²) < 4.78 is 0. The summed E-state index contributed by atoms with van der Waals surface area (Å²) in [6.07, 6.45) is 2.11. The third-order valence-electron chi connectivity index (χ3n) is 1.95. The molecule has 0 aliphatic carbocycles. The van der Waals surface area contributed by atoms with Crippen LogP contribution in [-0.2, 0) is 0 Å². The summed E-state index contributed by atoms with van der Waals surface area (Å²) in [6.45, 7) is 9.98. The van der Waals surface area contributed by atoms with Gasteiger partial charge in [0.25, 0.3) is 0 Å². The molecule has 2 amide bonds. The number of hydrogen-bond donors (Lipinski definition) is 2. The smallest absolute Gasteiger partial charge is 0.317 e. The highest BCUT2D eigenvalue weighted by Gasteiger charge is 2.18. The quantitative estimate of drug-likeness (QED) is 0.731. The lowest BCUT2D eigenvalue weighted by Crippen LogP contribution is -2.50. The fraction of sp³-hybridized carbons (Fsp3) is 0.909. The standard InChI is InChI=1S/C11H25N3O/c1-5-6-8-14(9-7-12)10(15)13-11(2,3)4/h5-9,12H2,1-4H3,(H,13,15). The van der Waals surface area contributed by atoms with Crippen molar-refractivity contribution in [2.45, 2.75) is 46.1 Å². The maximum absolute atomic E-state index is 11.8. The summed E-state index contributed by atoms with van der Waals surface area (Å²) in [5.74, 6) is 0. The van der Waals surface area contributed by atoms with Crippen LogP contribution in [0.2, 0.25) is 0 Å². The second kappa shape index (κ2) is 6.67. The van der Waals surface area contributed by atoms with Crippen LogP contribution in [0.25, 0.3) is 0 Å². The Morgan fingerprint density at radius 1 is 1.33 bits per heavy atom. The van der Waals surface area contributed by atoms with Gasteiger partial charge >= 0.3 is 6.03 Å². The van der Waals surface area contributed by atoms with Crippen LogP contribution >= 0.6 is 0 Å². The molecule has 0 spiro atoms. The van der Waals surface area contributed by atoms with E-state index >= 15 is 0 Å². The minimum Gasteiger partial charge on any atom is -0.333 e. The van der Waals surface area contributed by atoms with Gasteiger partial charge in [-0.2, -0.15) is 0 Å². The van der Waals surface area contributed by atoms with Gasteiger partial charge in [-0.1, -0.05) is 13.3 Å². The van der Waals surface area contributed by atoms with Crippen molar-refractivity contribution in [1.29, 1.82) is 0 Å². The van der Waals surface area contributed by atoms with Gasteiger partial charge in [0.15, 0.2) is 0 Å². The highest BCUT2D eigenvalue weighted by atomic mass is 16.2. The molecule has 90 valence electrons. The summed E-state index contributed by atoms with van der Waals surface area (Å²) in [5, 5.41) is 2.94. The zero-order chi connectivity index (χ0) is 11.9. The molecule has 4 nitrogen and oxygen atoms in total. The van der Waals surface area contributed by atoms with Crippen molar-refractivity contribution in [3.8, 4) is 0 Å². The first-order valence-corrected chi connectivity index (χ1v) is 5.68. The molecule has 0 saturated carbocycles. The van der Waals surface area contributed by atoms with Gasteiger partial charge < -0.3 is 16.0 Å². The molecule has 0 aliphatic rings. The predicted octanol–water partition coefficient (Wildman–Crippen LogP) is 1.56. The van der Waals surface area contributed by atoms with Crippen LogP contribution < -0.4 is 11.1 Å². The van der Waals surface area contributed by atoms with Gasteiger partial charge in [-0.25, -0.2) is 4.79 Å². The number of carbonyl (C=O) groups excluding carboxylic acids is 1. The van der Waals surface area contributed by atoms with Crippen molar-refractivity contribution in [1.82, 2.24) is 10.2 Å². The number of amides is 2. The molecule has 0 fully saturated rings. The number of nitrogens with two attached hydrogens (primary N) is 1. The molecule has 4 heteroatoms. The number of rotatable bonds is 5. The minimum absolute atomic E-state index is 0.0126. The Morgan fingerprint density at radius 3 is 2.33 bits per heavy atom. The van der Waals surface area contributed by atoms with E-state index < -0.39 is 0 Å². The Morgan fingerprint density at radius 2 is 1.93 bits per heavy atom. The number of nitrogens with one attached hydrogen (secondary N) is 1. The zero-order valence-electron chi connectivity index (χ0n) is 10.5. The molecule has 0 aliphatic heterocycles. The molecule has 0 heterocycles. The lowest BCUT2D eigenvalue weighted by atomic mass is 10.1. The predicted molar refractivity (Wildman–Crippen MR) is 63.8 cm³/mol. The summed E-state index contributed by atoms with van der Waals surface area (Å²) in [4.78, 5) is 13.6. The lowest BCUT2D eigenvalue weighted by Gasteiger charge is -2.28. The second-order valence-electron chi connectivity index (χ2n) is 4.81. The maximum Gasteiger partial charge on any atom is 0.317 e. The minimum atomic E-state index is -0.184. The number of carbonyl (C=O) groups is 1. The van der Waals surface area contributed by atoms with Crippen molar-refractivity contribution >= 4 is 6.03 Å². The summed E-state index contributed by atoms with van der Waals surface area (Å²) in [7, 11) is 0. The van der Waals surface area contributed by atoms with E-state index in [0.717, 1.165) is 19.4 Å². The number of unbranched alkanes of at least 4 members (excludes halogenated alkanes) is 1. The summed E-state index contributed by atoms with van der Waals surface area (Å²) in [6, 6.07) is -0.0126. The molecule has 0 unspecified atom stereocenters. The van der Waals surface area contributed by atoms with E-state index in [2.05, 4.69) is 12.2 Å². The SMILES string of the molecule is CCCCN(CCN)C(=O)NC(C)(C)C. The highest BCUT2D eigenvalue weighted by Crippen LogP contribution is 2.02. The number of nitrogens with zero attached hydrogens (tertiary/aromatic N) is 1. The Labute approximate surface area is 93.2 Å². The molecular weight excluding hydrogens is 190 g/mol. The van der Waals surface area contributed by atoms with Crippen molar-refractivity contribution in [3.05, 3.63) is 0 Å². The summed E-state index contributed by atoms with van der Waals surface area (Å²) >= 11 is 0. The largest absolute Gasteiger partial charge is 0.333 e. The van der Waals surface area contributed by atoms with Crippen LogP contribution in [0.5, 0.6) is 0 Å². The molecule has 0 bridgehead atoms. The van der Waals surface area contributed by atoms with Crippen LogP contribution in [0.1, 0.15) is 40.5 Å². The summed E-state index contributed by atoms with van der Waals surface area (Å²) in [5.41, 5.74) is 5.30. The average Bonchev–Trinajstić information content (AvgIpc) is 2.09. The van der Waals surface area contributed by atoms with Gasteiger partial charge in [0.05, 0.1) is 0 Å². The first-order valence-electron chi connectivity index (χ1n) is 5.68. The molecular formula is C11H25N3O. The van der Waals surface area contributed by atoms with Crippen molar-refractivity contribution < 1.29 is 4.79 Å². The highest BCUT2D eigenvalue weighted by molar-refractivity contribution is 5.74. The Bertz CT molecular complexity index is 187. The van der Waals surface area contributed by atoms with Gasteiger partial charge in [-0.3, -0.25) is 0 Å². The molecule has 15 heavy (non-hydrogen) atoms. The number of hydrogen-bond acceptors (Lipinski definition) is 2. The molecule has 0 aromatic carbocycles. The first kappa shape index (κ1) is 14.2. The normalized spacial score (nSPS) is 11.3. The van der Waals surface area contributed by atoms with E-state index in [-0.39, 0.29) is 11.6 Å². The Hall–Kier alpha value is -0.770. The Kier molecular flexibility index (Phi) is 6.32. The Balaban J connectivity index is 4.15. The van der Waals surface area contributed by atoms with Gasteiger partial charge in [0, 0.05) is 25.2 Å². The van der Waals surface area contributed by atoms with Crippen LogP contribution in [0.15, 0.2) is 0 Å². The molecule has 0 saturated heterocycles. The van der Waals surface area contributed by atoms with Gasteiger partial charge in [-0.15, -0.1) is 0 Å². The molecule has 0 aromatic heterocycles. The monoisotopic (exact) mass is 215 g/mol. The zero-order valence-corrected chi connectivity index (χ0v) is 10.5. The van der Waals surface area contributed by atoms with E-state index in [1.165, 1.54) is 0 Å². The topological polar surface area (TPSA) is 58.4 Å². The fourth-order valence-electron chi connectivity index (χ4n) is 1.22. The van der Waals surface area contributed by atoms with Crippen LogP contribution in [0.3, 0.4) is 0 Å². The van der Waals surface area contributed by atoms with E-state index in [1.54, 1.807) is 4.90 Å². The first-order chi connectivity index (χ1) is 6.90. The molecule has 0 atom stereocenters. The van der Waals surface area contributed by atoms with Gasteiger partial charge in [0.2, 0.25) is 0 Å². The van der Waals surface area contributed by atoms with Gasteiger partial charge in [0.1, 0.15) is 0 Å². The van der Waals surface area contributed by atoms with E-state index in [4.69, 9.17) is 5.73 Å². The number of urea groups is 1. The van der Waals surface area contributed by atoms with E-state index in [9.17, 15) is 4.79 Å². The second-order valence-corrected chi connectivity index (χ2v) is 4.81. The van der Waals surface area contributed by atoms with Crippen LogP contribution in [0.4, 0.5) is 4.79 Å². The third-order valence-corrected chi connectivity index (χ3v) is 1.95. The van der Waals surface area contributed by atoms with Crippen molar-refractivity contribution in [2.24, 2.45) is 5.73 Å². The molecule has 0 radical (unpaired) electrons. The molecule has 0 rings (SSSR count). The van der Waals surface area contributed by atoms with Gasteiger partial charge in [-0.05, 0) is 27.2 Å². The maximum atomic E-state index is 11.8.